The maximum Gasteiger partial charge on any atom is 0.306 e. The molecule has 0 aliphatic carbocycles. The number of esters is 3. The van der Waals surface area contributed by atoms with Crippen molar-refractivity contribution in [1.29, 1.82) is 0 Å². The van der Waals surface area contributed by atoms with Gasteiger partial charge in [0.05, 0.1) is 0 Å². The molecule has 0 radical (unpaired) electrons. The molecule has 0 saturated carbocycles. The van der Waals surface area contributed by atoms with E-state index in [4.69, 9.17) is 14.2 Å². The van der Waals surface area contributed by atoms with Crippen LogP contribution in [0.4, 0.5) is 0 Å². The summed E-state index contributed by atoms with van der Waals surface area (Å²) in [7, 11) is 0. The molecule has 0 aromatic carbocycles. The molecule has 448 valence electrons. The van der Waals surface area contributed by atoms with Gasteiger partial charge in [0.1, 0.15) is 13.2 Å². The van der Waals surface area contributed by atoms with E-state index in [2.05, 4.69) is 75.5 Å². The molecule has 6 nitrogen and oxygen atoms in total. The number of unbranched alkanes of at least 4 members (excludes halogenated alkanes) is 41. The zero-order valence-corrected chi connectivity index (χ0v) is 51.5. The Balaban J connectivity index is 4.28. The van der Waals surface area contributed by atoms with Crippen LogP contribution in [0.3, 0.4) is 0 Å². The second-order valence-electron chi connectivity index (χ2n) is 22.7. The third-order valence-corrected chi connectivity index (χ3v) is 15.0. The first-order valence-corrected chi connectivity index (χ1v) is 33.8. The second-order valence-corrected chi connectivity index (χ2v) is 22.7. The van der Waals surface area contributed by atoms with E-state index in [1.807, 2.05) is 6.08 Å². The highest BCUT2D eigenvalue weighted by Crippen LogP contribution is 2.18. The van der Waals surface area contributed by atoms with Gasteiger partial charge in [-0.2, -0.15) is 0 Å². The first-order valence-electron chi connectivity index (χ1n) is 33.8. The molecule has 0 heterocycles. The molecule has 0 N–H and O–H groups in total. The van der Waals surface area contributed by atoms with Gasteiger partial charge < -0.3 is 14.2 Å². The maximum atomic E-state index is 12.9. The summed E-state index contributed by atoms with van der Waals surface area (Å²) < 4.78 is 16.9. The number of allylic oxidation sites excluding steroid dienone is 10. The Morgan fingerprint density at radius 3 is 0.870 bits per heavy atom. The molecule has 0 aliphatic heterocycles. The van der Waals surface area contributed by atoms with Crippen LogP contribution in [0.2, 0.25) is 0 Å². The number of hydrogen-bond donors (Lipinski definition) is 0. The minimum absolute atomic E-state index is 0.0924. The minimum atomic E-state index is -0.802. The molecule has 0 rings (SSSR count). The first kappa shape index (κ1) is 74.1. The summed E-state index contributed by atoms with van der Waals surface area (Å²) in [4.78, 5) is 38.3. The third kappa shape index (κ3) is 63.8. The lowest BCUT2D eigenvalue weighted by Crippen LogP contribution is -2.30. The van der Waals surface area contributed by atoms with Crippen LogP contribution in [0.5, 0.6) is 0 Å². The summed E-state index contributed by atoms with van der Waals surface area (Å²) in [6.07, 6.45) is 84.1. The normalized spacial score (nSPS) is 12.4. The molecule has 1 atom stereocenters. The van der Waals surface area contributed by atoms with Gasteiger partial charge in [-0.3, -0.25) is 14.4 Å². The zero-order valence-electron chi connectivity index (χ0n) is 51.5. The summed E-state index contributed by atoms with van der Waals surface area (Å²) >= 11 is 0. The Morgan fingerprint density at radius 2 is 0.532 bits per heavy atom. The van der Waals surface area contributed by atoms with Crippen molar-refractivity contribution < 1.29 is 28.6 Å². The molecule has 6 heteroatoms. The lowest BCUT2D eigenvalue weighted by molar-refractivity contribution is -0.166. The van der Waals surface area contributed by atoms with E-state index in [-0.39, 0.29) is 37.5 Å². The highest BCUT2D eigenvalue weighted by Gasteiger charge is 2.19. The predicted octanol–water partition coefficient (Wildman–Crippen LogP) is 23.1. The topological polar surface area (TPSA) is 78.9 Å². The Hall–Kier alpha value is -2.89. The largest absolute Gasteiger partial charge is 0.462 e. The van der Waals surface area contributed by atoms with Crippen LogP contribution >= 0.6 is 0 Å². The molecule has 0 saturated heterocycles. The molecule has 0 fully saturated rings. The van der Waals surface area contributed by atoms with Gasteiger partial charge in [0.25, 0.3) is 0 Å². The van der Waals surface area contributed by atoms with Gasteiger partial charge in [0.15, 0.2) is 6.10 Å². The summed E-state index contributed by atoms with van der Waals surface area (Å²) in [6, 6.07) is 0. The van der Waals surface area contributed by atoms with Crippen molar-refractivity contribution in [2.75, 3.05) is 13.2 Å². The maximum absolute atomic E-state index is 12.9. The smallest absolute Gasteiger partial charge is 0.306 e. The average molecular weight is 1080 g/mol. The van der Waals surface area contributed by atoms with Crippen molar-refractivity contribution in [2.45, 2.75) is 361 Å². The summed E-state index contributed by atoms with van der Waals surface area (Å²) in [5.74, 6) is -0.956. The quantitative estimate of drug-likeness (QED) is 0.0261. The number of hydrogen-bond acceptors (Lipinski definition) is 6. The highest BCUT2D eigenvalue weighted by molar-refractivity contribution is 5.71. The SMILES string of the molecule is CC/C=C\C/C=C\C/C=C\C/C=C\CCC(=O)OCC(COC(=O)CCCCCCCCCCCCCCC/C=C\CCCCCCCCCC)OC(=O)CCCCCCCCCCCCCCCCCCCCCCC. The summed E-state index contributed by atoms with van der Waals surface area (Å²) in [5.41, 5.74) is 0. The monoisotopic (exact) mass is 1080 g/mol. The van der Waals surface area contributed by atoms with E-state index < -0.39 is 6.10 Å². The Bertz CT molecular complexity index is 1380. The fourth-order valence-electron chi connectivity index (χ4n) is 9.99. The van der Waals surface area contributed by atoms with Crippen molar-refractivity contribution in [3.8, 4) is 0 Å². The number of ether oxygens (including phenoxy) is 3. The molecular weight excluding hydrogens is 949 g/mol. The zero-order chi connectivity index (χ0) is 55.7. The molecule has 0 aromatic heterocycles. The van der Waals surface area contributed by atoms with Crippen molar-refractivity contribution in [2.24, 2.45) is 0 Å². The fourth-order valence-corrected chi connectivity index (χ4v) is 9.99. The van der Waals surface area contributed by atoms with Crippen molar-refractivity contribution in [3.63, 3.8) is 0 Å². The van der Waals surface area contributed by atoms with Gasteiger partial charge in [-0.25, -0.2) is 0 Å². The van der Waals surface area contributed by atoms with Crippen molar-refractivity contribution in [3.05, 3.63) is 60.8 Å². The summed E-state index contributed by atoms with van der Waals surface area (Å²) in [6.45, 7) is 6.52. The molecule has 0 amide bonds. The lowest BCUT2D eigenvalue weighted by atomic mass is 10.0. The van der Waals surface area contributed by atoms with Gasteiger partial charge >= 0.3 is 17.9 Å². The molecular formula is C71H128O6. The summed E-state index contributed by atoms with van der Waals surface area (Å²) in [5, 5.41) is 0. The van der Waals surface area contributed by atoms with Crippen molar-refractivity contribution in [1.82, 2.24) is 0 Å². The highest BCUT2D eigenvalue weighted by atomic mass is 16.6. The van der Waals surface area contributed by atoms with Crippen LogP contribution in [0.25, 0.3) is 0 Å². The first-order chi connectivity index (χ1) is 38.0. The van der Waals surface area contributed by atoms with Gasteiger partial charge in [-0.15, -0.1) is 0 Å². The molecule has 0 spiro atoms. The van der Waals surface area contributed by atoms with Crippen LogP contribution in [-0.2, 0) is 28.6 Å². The molecule has 1 unspecified atom stereocenters. The lowest BCUT2D eigenvalue weighted by Gasteiger charge is -2.18. The molecule has 0 bridgehead atoms. The second kappa shape index (κ2) is 65.6. The molecule has 77 heavy (non-hydrogen) atoms. The minimum Gasteiger partial charge on any atom is -0.462 e. The van der Waals surface area contributed by atoms with E-state index in [9.17, 15) is 14.4 Å². The van der Waals surface area contributed by atoms with Crippen LogP contribution in [0, 0.1) is 0 Å². The van der Waals surface area contributed by atoms with Gasteiger partial charge in [-0.1, -0.05) is 326 Å². The Labute approximate surface area is 479 Å². The van der Waals surface area contributed by atoms with Crippen LogP contribution in [-0.4, -0.2) is 37.2 Å². The fraction of sp³-hybridized carbons (Fsp3) is 0.817. The predicted molar refractivity (Wildman–Crippen MR) is 335 cm³/mol. The van der Waals surface area contributed by atoms with Gasteiger partial charge in [0, 0.05) is 19.3 Å². The molecule has 0 aliphatic rings. The number of carbonyl (C=O) groups is 3. The average Bonchev–Trinajstić information content (AvgIpc) is 3.43. The van der Waals surface area contributed by atoms with E-state index in [0.29, 0.717) is 19.3 Å². The van der Waals surface area contributed by atoms with Crippen LogP contribution in [0.15, 0.2) is 60.8 Å². The third-order valence-electron chi connectivity index (χ3n) is 15.0. The van der Waals surface area contributed by atoms with E-state index >= 15 is 0 Å². The number of carbonyl (C=O) groups excluding carboxylic acids is 3. The van der Waals surface area contributed by atoms with E-state index in [1.54, 1.807) is 0 Å². The van der Waals surface area contributed by atoms with Gasteiger partial charge in [-0.05, 0) is 70.6 Å². The molecule has 0 aromatic rings. The Kier molecular flexibility index (Phi) is 63.2. The Morgan fingerprint density at radius 1 is 0.273 bits per heavy atom. The van der Waals surface area contributed by atoms with Crippen LogP contribution in [0.1, 0.15) is 355 Å². The standard InChI is InChI=1S/C71H128O6/c1-4-7-10-13-16-19-22-25-27-29-31-33-34-35-36-38-39-41-43-46-49-52-55-58-61-64-70(73)76-67-68(66-75-69(72)63-60-57-54-51-48-45-24-21-18-15-12-9-6-3)77-71(74)65-62-59-56-53-50-47-44-42-40-37-32-30-28-26-23-20-17-14-11-8-5-2/h9,12,18,21,29,31,45,48,54,57,68H,4-8,10-11,13-17,19-20,22-28,30,32-44,46-47,49-53,55-56,58-67H2,1-3H3/b12-9-,21-18-,31-29-,48-45-,57-54-. The number of rotatable bonds is 62. The van der Waals surface area contributed by atoms with Crippen molar-refractivity contribution >= 4 is 17.9 Å². The van der Waals surface area contributed by atoms with Crippen LogP contribution < -0.4 is 0 Å². The van der Waals surface area contributed by atoms with E-state index in [0.717, 1.165) is 64.2 Å². The van der Waals surface area contributed by atoms with E-state index in [1.165, 1.54) is 244 Å². The van der Waals surface area contributed by atoms with Gasteiger partial charge in [0.2, 0.25) is 0 Å².